The van der Waals surface area contributed by atoms with Crippen LogP contribution in [0.4, 0.5) is 10.8 Å². The zero-order valence-electron chi connectivity index (χ0n) is 21.7. The maximum absolute atomic E-state index is 12.3. The number of imidazole rings is 1. The van der Waals surface area contributed by atoms with E-state index in [2.05, 4.69) is 41.0 Å². The number of fused-ring (bicyclic) bond motifs is 1. The van der Waals surface area contributed by atoms with E-state index in [9.17, 15) is 4.79 Å². The highest BCUT2D eigenvalue weighted by Crippen LogP contribution is 2.28. The summed E-state index contributed by atoms with van der Waals surface area (Å²) in [5, 5.41) is 11.8. The Morgan fingerprint density at radius 2 is 1.95 bits per heavy atom. The number of anilines is 2. The van der Waals surface area contributed by atoms with E-state index < -0.39 is 0 Å². The number of amides is 1. The molecule has 12 heteroatoms. The molecule has 0 aromatic carbocycles. The summed E-state index contributed by atoms with van der Waals surface area (Å²) in [6.45, 7) is 6.16. The van der Waals surface area contributed by atoms with Crippen molar-refractivity contribution in [1.82, 2.24) is 43.7 Å². The van der Waals surface area contributed by atoms with Gasteiger partial charge in [-0.3, -0.25) is 23.8 Å². The third kappa shape index (κ3) is 5.81. The number of hydrogen-bond donors (Lipinski definition) is 2. The van der Waals surface area contributed by atoms with Gasteiger partial charge in [-0.1, -0.05) is 6.42 Å². The van der Waals surface area contributed by atoms with Crippen LogP contribution in [0, 0.1) is 6.92 Å². The number of aromatic nitrogens is 7. The summed E-state index contributed by atoms with van der Waals surface area (Å²) >= 11 is 1.45. The highest BCUT2D eigenvalue weighted by Gasteiger charge is 2.16. The summed E-state index contributed by atoms with van der Waals surface area (Å²) in [7, 11) is 0. The second-order valence-electron chi connectivity index (χ2n) is 9.70. The highest BCUT2D eigenvalue weighted by atomic mass is 32.1. The van der Waals surface area contributed by atoms with Gasteiger partial charge in [-0.15, -0.1) is 0 Å². The molecular formula is C27H30N10OS. The van der Waals surface area contributed by atoms with Crippen LogP contribution in [0.1, 0.15) is 41.0 Å². The molecule has 5 aromatic rings. The van der Waals surface area contributed by atoms with E-state index in [1.54, 1.807) is 24.5 Å². The minimum atomic E-state index is -0.130. The van der Waals surface area contributed by atoms with E-state index in [1.165, 1.54) is 30.8 Å². The minimum Gasteiger partial charge on any atom is -0.350 e. The predicted octanol–water partition coefficient (Wildman–Crippen LogP) is 3.91. The molecule has 200 valence electrons. The van der Waals surface area contributed by atoms with Crippen molar-refractivity contribution in [2.24, 2.45) is 0 Å². The molecule has 0 atom stereocenters. The summed E-state index contributed by atoms with van der Waals surface area (Å²) in [5.41, 5.74) is 5.12. The Labute approximate surface area is 230 Å². The molecule has 1 amide bonds. The van der Waals surface area contributed by atoms with Crippen LogP contribution < -0.4 is 10.6 Å². The number of piperidine rings is 1. The zero-order valence-corrected chi connectivity index (χ0v) is 22.6. The van der Waals surface area contributed by atoms with Crippen LogP contribution in [0.25, 0.3) is 16.9 Å². The first-order valence-electron chi connectivity index (χ1n) is 13.1. The maximum atomic E-state index is 12.3. The Morgan fingerprint density at radius 3 is 2.79 bits per heavy atom. The van der Waals surface area contributed by atoms with Gasteiger partial charge < -0.3 is 10.6 Å². The first-order chi connectivity index (χ1) is 19.1. The van der Waals surface area contributed by atoms with E-state index in [4.69, 9.17) is 4.98 Å². The van der Waals surface area contributed by atoms with Crippen molar-refractivity contribution in [1.29, 1.82) is 0 Å². The van der Waals surface area contributed by atoms with Crippen molar-refractivity contribution in [2.45, 2.75) is 39.3 Å². The molecule has 1 aliphatic rings. The molecule has 1 saturated heterocycles. The molecule has 6 heterocycles. The van der Waals surface area contributed by atoms with Crippen LogP contribution in [-0.2, 0) is 13.1 Å². The summed E-state index contributed by atoms with van der Waals surface area (Å²) < 4.78 is 8.51. The van der Waals surface area contributed by atoms with Crippen molar-refractivity contribution in [2.75, 3.05) is 25.0 Å². The Hall–Kier alpha value is -4.16. The van der Waals surface area contributed by atoms with Gasteiger partial charge in [-0.25, -0.2) is 9.97 Å². The second kappa shape index (κ2) is 11.3. The Morgan fingerprint density at radius 1 is 1.10 bits per heavy atom. The van der Waals surface area contributed by atoms with Gasteiger partial charge in [0.1, 0.15) is 5.00 Å². The molecule has 1 aliphatic heterocycles. The van der Waals surface area contributed by atoms with Gasteiger partial charge in [-0.2, -0.15) is 9.47 Å². The monoisotopic (exact) mass is 542 g/mol. The molecule has 39 heavy (non-hydrogen) atoms. The molecule has 0 saturated carbocycles. The van der Waals surface area contributed by atoms with Gasteiger partial charge in [-0.05, 0) is 62.6 Å². The topological polar surface area (TPSA) is 118 Å². The van der Waals surface area contributed by atoms with Gasteiger partial charge in [0.15, 0.2) is 11.5 Å². The van der Waals surface area contributed by atoms with Crippen molar-refractivity contribution < 1.29 is 4.79 Å². The fraction of sp³-hybridized carbons (Fsp3) is 0.333. The highest BCUT2D eigenvalue weighted by molar-refractivity contribution is 7.10. The lowest BCUT2D eigenvalue weighted by Gasteiger charge is -2.25. The number of pyridine rings is 1. The molecule has 0 aliphatic carbocycles. The summed E-state index contributed by atoms with van der Waals surface area (Å²) in [6, 6.07) is 5.49. The van der Waals surface area contributed by atoms with Gasteiger partial charge in [0.05, 0.1) is 36.0 Å². The van der Waals surface area contributed by atoms with Crippen molar-refractivity contribution in [3.63, 3.8) is 0 Å². The Balaban J connectivity index is 1.14. The summed E-state index contributed by atoms with van der Waals surface area (Å²) in [5.74, 6) is 0.565. The number of likely N-dealkylation sites (tertiary alicyclic amines) is 1. The first kappa shape index (κ1) is 25.1. The molecule has 0 radical (unpaired) electrons. The fourth-order valence-corrected chi connectivity index (χ4v) is 5.48. The average molecular weight is 543 g/mol. The number of aryl methyl sites for hydroxylation is 1. The number of carbonyl (C=O) groups excluding carboxylic acids is 1. The van der Waals surface area contributed by atoms with Crippen LogP contribution in [0.5, 0.6) is 0 Å². The van der Waals surface area contributed by atoms with E-state index in [1.807, 2.05) is 40.8 Å². The molecule has 11 nitrogen and oxygen atoms in total. The standard InChI is InChI=1S/C27H30N10OS/c1-19-16-37-23(21-14-31-36(17-21)12-9-29-27(38)20-5-7-28-8-6-20)15-30-26(37)25(32-19)33-24-13-22(34-39-24)18-35-10-3-2-4-11-35/h5-8,13-17H,2-4,9-12,18H2,1H3,(H,29,38)(H,32,33). The lowest BCUT2D eigenvalue weighted by atomic mass is 10.1. The maximum Gasteiger partial charge on any atom is 0.251 e. The van der Waals surface area contributed by atoms with Crippen molar-refractivity contribution in [3.05, 3.63) is 72.3 Å². The largest absolute Gasteiger partial charge is 0.350 e. The third-order valence-electron chi connectivity index (χ3n) is 6.75. The molecule has 0 bridgehead atoms. The number of rotatable bonds is 9. The van der Waals surface area contributed by atoms with E-state index in [0.717, 1.165) is 52.9 Å². The van der Waals surface area contributed by atoms with Crippen LogP contribution in [0.3, 0.4) is 0 Å². The Kier molecular flexibility index (Phi) is 7.28. The van der Waals surface area contributed by atoms with Crippen LogP contribution in [0.2, 0.25) is 0 Å². The van der Waals surface area contributed by atoms with Gasteiger partial charge in [0.2, 0.25) is 0 Å². The van der Waals surface area contributed by atoms with Gasteiger partial charge in [0, 0.05) is 49.0 Å². The third-order valence-corrected chi connectivity index (χ3v) is 7.49. The summed E-state index contributed by atoms with van der Waals surface area (Å²) in [6.07, 6.45) is 14.7. The number of hydrogen-bond acceptors (Lipinski definition) is 9. The van der Waals surface area contributed by atoms with Crippen molar-refractivity contribution >= 4 is 33.9 Å². The number of nitrogens with zero attached hydrogens (tertiary/aromatic N) is 8. The summed E-state index contributed by atoms with van der Waals surface area (Å²) in [4.78, 5) is 28.1. The molecule has 5 aromatic heterocycles. The molecule has 1 fully saturated rings. The smallest absolute Gasteiger partial charge is 0.251 e. The van der Waals surface area contributed by atoms with Crippen molar-refractivity contribution in [3.8, 4) is 11.3 Å². The SMILES string of the molecule is Cc1cn2c(-c3cnn(CCNC(=O)c4ccncc4)c3)cnc2c(Nc2cc(CN3CCCCC3)ns2)n1. The minimum absolute atomic E-state index is 0.130. The average Bonchev–Trinajstić information content (AvgIpc) is 3.70. The van der Waals surface area contributed by atoms with Gasteiger partial charge in [0.25, 0.3) is 5.91 Å². The van der Waals surface area contributed by atoms with E-state index in [-0.39, 0.29) is 5.91 Å². The van der Waals surface area contributed by atoms with Crippen LogP contribution in [0.15, 0.2) is 55.4 Å². The number of nitrogens with one attached hydrogen (secondary N) is 2. The zero-order chi connectivity index (χ0) is 26.6. The van der Waals surface area contributed by atoms with Gasteiger partial charge >= 0.3 is 0 Å². The Bertz CT molecular complexity index is 1570. The number of carbonyl (C=O) groups is 1. The normalized spacial score (nSPS) is 14.1. The fourth-order valence-electron chi connectivity index (χ4n) is 4.82. The molecule has 2 N–H and O–H groups in total. The van der Waals surface area contributed by atoms with E-state index >= 15 is 0 Å². The lowest BCUT2D eigenvalue weighted by Crippen LogP contribution is -2.29. The van der Waals surface area contributed by atoms with E-state index in [0.29, 0.717) is 24.5 Å². The first-order valence-corrected chi connectivity index (χ1v) is 13.9. The second-order valence-corrected chi connectivity index (χ2v) is 10.5. The predicted molar refractivity (Wildman–Crippen MR) is 150 cm³/mol. The molecule has 6 rings (SSSR count). The van der Waals surface area contributed by atoms with Crippen LogP contribution in [-0.4, -0.2) is 63.9 Å². The molecule has 0 spiro atoms. The quantitative estimate of drug-likeness (QED) is 0.288. The van der Waals surface area contributed by atoms with Crippen LogP contribution >= 0.6 is 11.5 Å². The lowest BCUT2D eigenvalue weighted by molar-refractivity contribution is 0.0952. The molecule has 0 unspecified atom stereocenters. The molecular weight excluding hydrogens is 512 g/mol.